The molecule has 0 spiro atoms. The summed E-state index contributed by atoms with van der Waals surface area (Å²) < 4.78 is 0. The summed E-state index contributed by atoms with van der Waals surface area (Å²) in [6.07, 6.45) is 1.69. The highest BCUT2D eigenvalue weighted by Gasteiger charge is 2.25. The average molecular weight is 456 g/mol. The maximum Gasteiger partial charge on any atom is 0.257 e. The summed E-state index contributed by atoms with van der Waals surface area (Å²) in [4.78, 5) is 27.5. The summed E-state index contributed by atoms with van der Waals surface area (Å²) >= 11 is 0. The molecule has 0 saturated carbocycles. The molecule has 174 valence electrons. The first-order chi connectivity index (χ1) is 16.3. The van der Waals surface area contributed by atoms with Crippen LogP contribution in [0.1, 0.15) is 28.4 Å². The van der Waals surface area contributed by atoms with Crippen LogP contribution in [0.15, 0.2) is 72.9 Å². The second kappa shape index (κ2) is 9.80. The first-order valence-electron chi connectivity index (χ1n) is 11.1. The Morgan fingerprint density at radius 3 is 2.44 bits per heavy atom. The lowest BCUT2D eigenvalue weighted by atomic mass is 9.99. The summed E-state index contributed by atoms with van der Waals surface area (Å²) in [6.45, 7) is 3.08. The fourth-order valence-corrected chi connectivity index (χ4v) is 4.02. The lowest BCUT2D eigenvalue weighted by Gasteiger charge is -2.19. The largest absolute Gasteiger partial charge is 0.399 e. The molecule has 0 aliphatic carbocycles. The molecule has 1 aliphatic heterocycles. The number of amides is 1. The van der Waals surface area contributed by atoms with Crippen molar-refractivity contribution < 1.29 is 9.59 Å². The smallest absolute Gasteiger partial charge is 0.257 e. The standard InChI is InChI=1S/C27H29N5O2/c1-17(16-32(2)3)30-22-10-8-21(9-11-22)29-15-24-23-12-7-19(14-25(23)31-27(24)34)26(33)18-5-4-6-20(28)13-18/h4-15,17,29-30H,16,28H2,1-3H3,(H,31,34). The minimum absolute atomic E-state index is 0.145. The fourth-order valence-electron chi connectivity index (χ4n) is 4.02. The number of fused-ring (bicyclic) bond motifs is 1. The van der Waals surface area contributed by atoms with Crippen molar-refractivity contribution in [3.05, 3.63) is 89.6 Å². The lowest BCUT2D eigenvalue weighted by Crippen LogP contribution is -2.29. The number of ketones is 1. The average Bonchev–Trinajstić information content (AvgIpc) is 3.11. The zero-order chi connectivity index (χ0) is 24.2. The molecule has 34 heavy (non-hydrogen) atoms. The number of likely N-dealkylation sites (N-methyl/N-ethyl adjacent to an activating group) is 1. The maximum absolute atomic E-state index is 12.8. The van der Waals surface area contributed by atoms with Gasteiger partial charge in [0.25, 0.3) is 5.91 Å². The number of nitrogens with one attached hydrogen (secondary N) is 3. The van der Waals surface area contributed by atoms with Crippen molar-refractivity contribution in [2.75, 3.05) is 42.3 Å². The van der Waals surface area contributed by atoms with Gasteiger partial charge in [-0.25, -0.2) is 0 Å². The van der Waals surface area contributed by atoms with Crippen LogP contribution in [0.3, 0.4) is 0 Å². The molecule has 7 heteroatoms. The Labute approximate surface area is 199 Å². The predicted molar refractivity (Wildman–Crippen MR) is 139 cm³/mol. The number of hydrogen-bond acceptors (Lipinski definition) is 6. The predicted octanol–water partition coefficient (Wildman–Crippen LogP) is 4.27. The number of hydrogen-bond donors (Lipinski definition) is 4. The van der Waals surface area contributed by atoms with Gasteiger partial charge in [-0.2, -0.15) is 0 Å². The third kappa shape index (κ3) is 5.27. The molecule has 3 aromatic carbocycles. The van der Waals surface area contributed by atoms with Crippen molar-refractivity contribution in [2.24, 2.45) is 0 Å². The maximum atomic E-state index is 12.8. The molecule has 0 radical (unpaired) electrons. The Morgan fingerprint density at radius 2 is 1.74 bits per heavy atom. The van der Waals surface area contributed by atoms with Gasteiger partial charge < -0.3 is 26.6 Å². The molecule has 1 amide bonds. The molecule has 1 unspecified atom stereocenters. The van der Waals surface area contributed by atoms with E-state index >= 15 is 0 Å². The van der Waals surface area contributed by atoms with Crippen LogP contribution in [0, 0.1) is 0 Å². The van der Waals surface area contributed by atoms with Crippen LogP contribution in [0.25, 0.3) is 5.57 Å². The van der Waals surface area contributed by atoms with Crippen LogP contribution in [-0.4, -0.2) is 43.3 Å². The Bertz CT molecular complexity index is 1250. The number of nitrogens with two attached hydrogens (primary N) is 1. The first-order valence-corrected chi connectivity index (χ1v) is 11.1. The van der Waals surface area contributed by atoms with Gasteiger partial charge in [-0.3, -0.25) is 9.59 Å². The number of carbonyl (C=O) groups excluding carboxylic acids is 2. The van der Waals surface area contributed by atoms with Gasteiger partial charge in [0.2, 0.25) is 0 Å². The number of anilines is 4. The van der Waals surface area contributed by atoms with E-state index in [-0.39, 0.29) is 11.7 Å². The highest BCUT2D eigenvalue weighted by Crippen LogP contribution is 2.33. The van der Waals surface area contributed by atoms with E-state index in [0.29, 0.717) is 34.1 Å². The molecule has 0 aromatic heterocycles. The van der Waals surface area contributed by atoms with Gasteiger partial charge in [0.1, 0.15) is 0 Å². The van der Waals surface area contributed by atoms with E-state index in [2.05, 4.69) is 27.8 Å². The highest BCUT2D eigenvalue weighted by molar-refractivity contribution is 6.32. The molecule has 1 atom stereocenters. The normalized spacial score (nSPS) is 14.6. The minimum Gasteiger partial charge on any atom is -0.399 e. The molecular weight excluding hydrogens is 426 g/mol. The number of nitrogens with zero attached hydrogens (tertiary/aromatic N) is 1. The monoisotopic (exact) mass is 455 g/mol. The molecule has 0 saturated heterocycles. The molecule has 0 fully saturated rings. The summed E-state index contributed by atoms with van der Waals surface area (Å²) in [6, 6.07) is 20.3. The molecular formula is C27H29N5O2. The van der Waals surface area contributed by atoms with E-state index in [9.17, 15) is 9.59 Å². The van der Waals surface area contributed by atoms with Crippen LogP contribution >= 0.6 is 0 Å². The summed E-state index contributed by atoms with van der Waals surface area (Å²) in [7, 11) is 4.10. The second-order valence-corrected chi connectivity index (χ2v) is 8.76. The second-order valence-electron chi connectivity index (χ2n) is 8.76. The van der Waals surface area contributed by atoms with Gasteiger partial charge >= 0.3 is 0 Å². The highest BCUT2D eigenvalue weighted by atomic mass is 16.2. The van der Waals surface area contributed by atoms with Crippen molar-refractivity contribution in [1.82, 2.24) is 4.90 Å². The van der Waals surface area contributed by atoms with Gasteiger partial charge in [0.15, 0.2) is 5.78 Å². The summed E-state index contributed by atoms with van der Waals surface area (Å²) in [5, 5.41) is 9.51. The van der Waals surface area contributed by atoms with Crippen molar-refractivity contribution in [3.63, 3.8) is 0 Å². The SMILES string of the molecule is CC(CN(C)C)Nc1ccc(NC=C2C(=O)Nc3cc(C(=O)c4cccc(N)c4)ccc32)cc1. The van der Waals surface area contributed by atoms with Crippen LogP contribution in [0.5, 0.6) is 0 Å². The molecule has 3 aromatic rings. The number of nitrogen functional groups attached to an aromatic ring is 1. The molecule has 1 heterocycles. The molecule has 4 rings (SSSR count). The molecule has 7 nitrogen and oxygen atoms in total. The van der Waals surface area contributed by atoms with Crippen molar-refractivity contribution in [1.29, 1.82) is 0 Å². The summed E-state index contributed by atoms with van der Waals surface area (Å²) in [5.74, 6) is -0.361. The van der Waals surface area contributed by atoms with Crippen LogP contribution in [0.2, 0.25) is 0 Å². The fraction of sp³-hybridized carbons (Fsp3) is 0.185. The van der Waals surface area contributed by atoms with Crippen LogP contribution < -0.4 is 21.7 Å². The van der Waals surface area contributed by atoms with Gasteiger partial charge in [-0.05, 0) is 63.5 Å². The Kier molecular flexibility index (Phi) is 6.65. The van der Waals surface area contributed by atoms with Gasteiger partial charge in [-0.15, -0.1) is 0 Å². The molecule has 1 aliphatic rings. The quantitative estimate of drug-likeness (QED) is 0.230. The zero-order valence-corrected chi connectivity index (χ0v) is 19.6. The summed E-state index contributed by atoms with van der Waals surface area (Å²) in [5.41, 5.74) is 11.1. The Hall–Kier alpha value is -4.10. The minimum atomic E-state index is -0.216. The van der Waals surface area contributed by atoms with Crippen LogP contribution in [-0.2, 0) is 4.79 Å². The first kappa shape index (κ1) is 23.1. The van der Waals surface area contributed by atoms with E-state index in [1.807, 2.05) is 38.4 Å². The molecule has 5 N–H and O–H groups in total. The number of carbonyl (C=O) groups is 2. The van der Waals surface area contributed by atoms with Gasteiger partial charge in [0, 0.05) is 58.2 Å². The Balaban J connectivity index is 1.46. The van der Waals surface area contributed by atoms with Gasteiger partial charge in [-0.1, -0.05) is 24.3 Å². The molecule has 0 bridgehead atoms. The van der Waals surface area contributed by atoms with E-state index in [0.717, 1.165) is 23.5 Å². The number of rotatable bonds is 8. The lowest BCUT2D eigenvalue weighted by molar-refractivity contribution is -0.110. The van der Waals surface area contributed by atoms with E-state index in [1.54, 1.807) is 48.7 Å². The third-order valence-corrected chi connectivity index (χ3v) is 5.53. The van der Waals surface area contributed by atoms with Crippen LogP contribution in [0.4, 0.5) is 22.7 Å². The van der Waals surface area contributed by atoms with Crippen molar-refractivity contribution in [3.8, 4) is 0 Å². The van der Waals surface area contributed by atoms with Crippen molar-refractivity contribution >= 4 is 40.0 Å². The van der Waals surface area contributed by atoms with E-state index in [1.165, 1.54) is 0 Å². The third-order valence-electron chi connectivity index (χ3n) is 5.53. The topological polar surface area (TPSA) is 99.5 Å². The van der Waals surface area contributed by atoms with Gasteiger partial charge in [0.05, 0.1) is 5.57 Å². The Morgan fingerprint density at radius 1 is 1.03 bits per heavy atom. The van der Waals surface area contributed by atoms with Crippen molar-refractivity contribution in [2.45, 2.75) is 13.0 Å². The zero-order valence-electron chi connectivity index (χ0n) is 19.6. The van der Waals surface area contributed by atoms with E-state index in [4.69, 9.17) is 5.73 Å². The number of benzene rings is 3. The van der Waals surface area contributed by atoms with E-state index < -0.39 is 0 Å².